The molecule has 0 saturated heterocycles. The largest absolute Gasteiger partial charge is 0.493 e. The highest BCUT2D eigenvalue weighted by Gasteiger charge is 2.01. The summed E-state index contributed by atoms with van der Waals surface area (Å²) in [4.78, 5) is 0. The minimum absolute atomic E-state index is 0.0972. The van der Waals surface area contributed by atoms with Crippen molar-refractivity contribution in [2.24, 2.45) is 0 Å². The van der Waals surface area contributed by atoms with Gasteiger partial charge in [0.1, 0.15) is 6.10 Å². The average Bonchev–Trinajstić information content (AvgIpc) is 1.91. The monoisotopic (exact) mass is 120 g/mol. The molecule has 0 aliphatic carbocycles. The molecule has 9 heavy (non-hydrogen) atoms. The van der Waals surface area contributed by atoms with Gasteiger partial charge in [0.2, 0.25) is 0 Å². The van der Waals surface area contributed by atoms with Gasteiger partial charge in [0.05, 0.1) is 6.26 Å². The first-order chi connectivity index (χ1) is 4.43. The van der Waals surface area contributed by atoms with Crippen molar-refractivity contribution in [2.75, 3.05) is 0 Å². The molecule has 0 bridgehead atoms. The smallest absolute Gasteiger partial charge is 0.127 e. The SMILES string of the molecule is C#CCC1C=CC=CO1. The predicted molar refractivity (Wildman–Crippen MR) is 36.6 cm³/mol. The fourth-order valence-corrected chi connectivity index (χ4v) is 0.657. The Bertz CT molecular complexity index is 171. The third kappa shape index (κ3) is 1.65. The summed E-state index contributed by atoms with van der Waals surface area (Å²) in [5.74, 6) is 2.53. The van der Waals surface area contributed by atoms with E-state index in [1.165, 1.54) is 0 Å². The average molecular weight is 120 g/mol. The number of hydrogen-bond acceptors (Lipinski definition) is 1. The van der Waals surface area contributed by atoms with Crippen LogP contribution in [0.4, 0.5) is 0 Å². The molecule has 0 aromatic rings. The zero-order valence-corrected chi connectivity index (χ0v) is 5.08. The summed E-state index contributed by atoms with van der Waals surface area (Å²) in [5, 5.41) is 0. The lowest BCUT2D eigenvalue weighted by Gasteiger charge is -2.10. The molecule has 1 aliphatic heterocycles. The quantitative estimate of drug-likeness (QED) is 0.476. The summed E-state index contributed by atoms with van der Waals surface area (Å²) < 4.78 is 5.11. The minimum Gasteiger partial charge on any atom is -0.493 e. The molecule has 1 heterocycles. The third-order valence-corrected chi connectivity index (χ3v) is 1.09. The summed E-state index contributed by atoms with van der Waals surface area (Å²) >= 11 is 0. The van der Waals surface area contributed by atoms with Gasteiger partial charge in [-0.05, 0) is 12.2 Å². The van der Waals surface area contributed by atoms with Gasteiger partial charge >= 0.3 is 0 Å². The van der Waals surface area contributed by atoms with Crippen LogP contribution in [0.15, 0.2) is 24.5 Å². The van der Waals surface area contributed by atoms with Crippen molar-refractivity contribution in [1.29, 1.82) is 0 Å². The Kier molecular flexibility index (Phi) is 1.98. The van der Waals surface area contributed by atoms with E-state index in [1.807, 2.05) is 18.2 Å². The first-order valence-electron chi connectivity index (χ1n) is 2.86. The molecule has 1 unspecified atom stereocenters. The molecular formula is C8H8O. The molecular weight excluding hydrogens is 112 g/mol. The molecule has 1 atom stereocenters. The third-order valence-electron chi connectivity index (χ3n) is 1.09. The molecule has 1 nitrogen and oxygen atoms in total. The second-order valence-electron chi connectivity index (χ2n) is 1.80. The Morgan fingerprint density at radius 1 is 1.56 bits per heavy atom. The standard InChI is InChI=1S/C8H8O/c1-2-5-8-6-3-4-7-9-8/h1,3-4,6-8H,5H2. The van der Waals surface area contributed by atoms with E-state index in [0.29, 0.717) is 6.42 Å². The maximum absolute atomic E-state index is 5.11. The molecule has 1 aliphatic rings. The lowest BCUT2D eigenvalue weighted by molar-refractivity contribution is 0.188. The predicted octanol–water partition coefficient (Wildman–Crippen LogP) is 1.48. The molecule has 0 N–H and O–H groups in total. The normalized spacial score (nSPS) is 22.8. The highest BCUT2D eigenvalue weighted by atomic mass is 16.5. The van der Waals surface area contributed by atoms with Crippen LogP contribution in [0.25, 0.3) is 0 Å². The van der Waals surface area contributed by atoms with Gasteiger partial charge in [-0.15, -0.1) is 12.3 Å². The Morgan fingerprint density at radius 2 is 2.44 bits per heavy atom. The maximum Gasteiger partial charge on any atom is 0.127 e. The first kappa shape index (κ1) is 5.97. The molecule has 0 aromatic carbocycles. The van der Waals surface area contributed by atoms with Crippen molar-refractivity contribution in [1.82, 2.24) is 0 Å². The van der Waals surface area contributed by atoms with Gasteiger partial charge in [0, 0.05) is 6.42 Å². The number of rotatable bonds is 1. The van der Waals surface area contributed by atoms with E-state index in [0.717, 1.165) is 0 Å². The van der Waals surface area contributed by atoms with Gasteiger partial charge in [-0.3, -0.25) is 0 Å². The van der Waals surface area contributed by atoms with Gasteiger partial charge in [0.15, 0.2) is 0 Å². The molecule has 0 aromatic heterocycles. The summed E-state index contributed by atoms with van der Waals surface area (Å²) in [6, 6.07) is 0. The highest BCUT2D eigenvalue weighted by molar-refractivity contribution is 5.09. The van der Waals surface area contributed by atoms with E-state index in [1.54, 1.807) is 6.26 Å². The van der Waals surface area contributed by atoms with Crippen LogP contribution in [0.5, 0.6) is 0 Å². The summed E-state index contributed by atoms with van der Waals surface area (Å²) in [6.07, 6.45) is 13.2. The van der Waals surface area contributed by atoms with Gasteiger partial charge < -0.3 is 4.74 Å². The molecule has 0 amide bonds. The molecule has 0 spiro atoms. The van der Waals surface area contributed by atoms with Crippen LogP contribution >= 0.6 is 0 Å². The molecule has 0 radical (unpaired) electrons. The van der Waals surface area contributed by atoms with Gasteiger partial charge in [-0.2, -0.15) is 0 Å². The topological polar surface area (TPSA) is 9.23 Å². The number of allylic oxidation sites excluding steroid dienone is 2. The van der Waals surface area contributed by atoms with E-state index in [2.05, 4.69) is 5.92 Å². The molecule has 46 valence electrons. The van der Waals surface area contributed by atoms with Crippen LogP contribution < -0.4 is 0 Å². The number of ether oxygens (including phenoxy) is 1. The van der Waals surface area contributed by atoms with Crippen molar-refractivity contribution >= 4 is 0 Å². The Morgan fingerprint density at radius 3 is 3.00 bits per heavy atom. The maximum atomic E-state index is 5.11. The minimum atomic E-state index is 0.0972. The van der Waals surface area contributed by atoms with Crippen LogP contribution in [0.2, 0.25) is 0 Å². The summed E-state index contributed by atoms with van der Waals surface area (Å²) in [6.45, 7) is 0. The summed E-state index contributed by atoms with van der Waals surface area (Å²) in [7, 11) is 0. The van der Waals surface area contributed by atoms with E-state index < -0.39 is 0 Å². The second-order valence-corrected chi connectivity index (χ2v) is 1.80. The van der Waals surface area contributed by atoms with Crippen LogP contribution in [0.3, 0.4) is 0 Å². The van der Waals surface area contributed by atoms with Crippen molar-refractivity contribution in [2.45, 2.75) is 12.5 Å². The Labute approximate surface area is 55.0 Å². The van der Waals surface area contributed by atoms with Crippen LogP contribution in [0, 0.1) is 12.3 Å². The first-order valence-corrected chi connectivity index (χ1v) is 2.86. The second kappa shape index (κ2) is 2.99. The van der Waals surface area contributed by atoms with Gasteiger partial charge in [-0.25, -0.2) is 0 Å². The Balaban J connectivity index is 2.39. The van der Waals surface area contributed by atoms with Crippen molar-refractivity contribution in [3.8, 4) is 12.3 Å². The highest BCUT2D eigenvalue weighted by Crippen LogP contribution is 2.04. The van der Waals surface area contributed by atoms with Gasteiger partial charge in [0.25, 0.3) is 0 Å². The van der Waals surface area contributed by atoms with E-state index in [9.17, 15) is 0 Å². The van der Waals surface area contributed by atoms with Crippen LogP contribution in [0.1, 0.15) is 6.42 Å². The number of hydrogen-bond donors (Lipinski definition) is 0. The molecule has 1 rings (SSSR count). The van der Waals surface area contributed by atoms with Crippen molar-refractivity contribution in [3.63, 3.8) is 0 Å². The molecule has 0 saturated carbocycles. The molecule has 0 fully saturated rings. The van der Waals surface area contributed by atoms with E-state index in [-0.39, 0.29) is 6.10 Å². The summed E-state index contributed by atoms with van der Waals surface area (Å²) in [5.41, 5.74) is 0. The van der Waals surface area contributed by atoms with Crippen molar-refractivity contribution in [3.05, 3.63) is 24.5 Å². The fourth-order valence-electron chi connectivity index (χ4n) is 0.657. The molecule has 1 heteroatoms. The van der Waals surface area contributed by atoms with E-state index >= 15 is 0 Å². The van der Waals surface area contributed by atoms with E-state index in [4.69, 9.17) is 11.2 Å². The lowest BCUT2D eigenvalue weighted by Crippen LogP contribution is -2.05. The van der Waals surface area contributed by atoms with Crippen LogP contribution in [-0.4, -0.2) is 6.10 Å². The zero-order chi connectivity index (χ0) is 6.53. The van der Waals surface area contributed by atoms with Gasteiger partial charge in [-0.1, -0.05) is 6.08 Å². The zero-order valence-electron chi connectivity index (χ0n) is 5.08. The lowest BCUT2D eigenvalue weighted by atomic mass is 10.2. The Hall–Kier alpha value is -1.16. The fraction of sp³-hybridized carbons (Fsp3) is 0.250. The van der Waals surface area contributed by atoms with Crippen molar-refractivity contribution < 1.29 is 4.74 Å². The van der Waals surface area contributed by atoms with Crippen LogP contribution in [-0.2, 0) is 4.74 Å². The number of terminal acetylenes is 1.